The average molecular weight is 399 g/mol. The van der Waals surface area contributed by atoms with Crippen molar-refractivity contribution in [2.75, 3.05) is 33.4 Å². The summed E-state index contributed by atoms with van der Waals surface area (Å²) in [5.41, 5.74) is -0.122. The molecule has 2 aliphatic rings. The highest BCUT2D eigenvalue weighted by molar-refractivity contribution is 6.00. The van der Waals surface area contributed by atoms with E-state index in [4.69, 9.17) is 9.47 Å². The Morgan fingerprint density at radius 1 is 1.29 bits per heavy atom. The van der Waals surface area contributed by atoms with E-state index in [1.54, 1.807) is 6.92 Å². The fourth-order valence-corrected chi connectivity index (χ4v) is 4.47. The lowest BCUT2D eigenvalue weighted by Gasteiger charge is -2.37. The minimum atomic E-state index is -4.48. The molecule has 4 nitrogen and oxygen atoms in total. The maximum atomic E-state index is 13.2. The lowest BCUT2D eigenvalue weighted by atomic mass is 9.86. The fourth-order valence-electron chi connectivity index (χ4n) is 4.47. The zero-order chi connectivity index (χ0) is 20.3. The number of hydrogen-bond acceptors (Lipinski definition) is 4. The van der Waals surface area contributed by atoms with Gasteiger partial charge in [0.15, 0.2) is 5.78 Å². The smallest absolute Gasteiger partial charge is 0.416 e. The van der Waals surface area contributed by atoms with Gasteiger partial charge in [-0.05, 0) is 56.5 Å². The van der Waals surface area contributed by atoms with Crippen molar-refractivity contribution >= 4 is 5.78 Å². The minimum absolute atomic E-state index is 0.00567. The Morgan fingerprint density at radius 2 is 2.00 bits per heavy atom. The van der Waals surface area contributed by atoms with E-state index in [0.29, 0.717) is 31.2 Å². The van der Waals surface area contributed by atoms with Crippen LogP contribution in [0.15, 0.2) is 12.1 Å². The van der Waals surface area contributed by atoms with Gasteiger partial charge in [-0.25, -0.2) is 0 Å². The second-order valence-electron chi connectivity index (χ2n) is 7.63. The molecule has 2 fully saturated rings. The first-order valence-electron chi connectivity index (χ1n) is 9.98. The maximum Gasteiger partial charge on any atom is 0.416 e. The Bertz CT molecular complexity index is 674. The van der Waals surface area contributed by atoms with Gasteiger partial charge in [0.25, 0.3) is 0 Å². The third-order valence-corrected chi connectivity index (χ3v) is 5.88. The number of carbonyl (C=O) groups is 1. The van der Waals surface area contributed by atoms with Crippen molar-refractivity contribution in [3.63, 3.8) is 0 Å². The summed E-state index contributed by atoms with van der Waals surface area (Å²) in [6.07, 6.45) is -0.650. The van der Waals surface area contributed by atoms with Gasteiger partial charge in [-0.15, -0.1) is 0 Å². The van der Waals surface area contributed by atoms with Gasteiger partial charge in [0.1, 0.15) is 5.75 Å². The summed E-state index contributed by atoms with van der Waals surface area (Å²) in [7, 11) is 1.31. The first-order chi connectivity index (χ1) is 13.3. The van der Waals surface area contributed by atoms with E-state index in [-0.39, 0.29) is 29.4 Å². The van der Waals surface area contributed by atoms with E-state index in [0.717, 1.165) is 31.6 Å². The van der Waals surface area contributed by atoms with Gasteiger partial charge < -0.3 is 9.47 Å². The second kappa shape index (κ2) is 8.82. The zero-order valence-electron chi connectivity index (χ0n) is 16.5. The fraction of sp³-hybridized carbons (Fsp3) is 0.667. The molecule has 2 atom stereocenters. The predicted octanol–water partition coefficient (Wildman–Crippen LogP) is 4.35. The van der Waals surface area contributed by atoms with E-state index in [1.165, 1.54) is 20.0 Å². The molecule has 0 radical (unpaired) electrons. The van der Waals surface area contributed by atoms with Gasteiger partial charge in [-0.2, -0.15) is 13.2 Å². The molecule has 1 aromatic rings. The first-order valence-corrected chi connectivity index (χ1v) is 9.98. The molecule has 7 heteroatoms. The molecule has 2 heterocycles. The Kier molecular flexibility index (Phi) is 6.65. The number of rotatable bonds is 6. The van der Waals surface area contributed by atoms with Gasteiger partial charge >= 0.3 is 6.18 Å². The summed E-state index contributed by atoms with van der Waals surface area (Å²) in [6.45, 7) is 5.04. The van der Waals surface area contributed by atoms with Crippen LogP contribution in [0, 0.1) is 5.92 Å². The quantitative estimate of drug-likeness (QED) is 0.667. The molecule has 0 spiro atoms. The normalized spacial score (nSPS) is 23.8. The summed E-state index contributed by atoms with van der Waals surface area (Å²) in [6, 6.07) is 2.30. The van der Waals surface area contributed by atoms with Crippen LogP contribution in [0.3, 0.4) is 0 Å². The number of carbonyl (C=O) groups excluding carboxylic acids is 1. The number of likely N-dealkylation sites (tertiary alicyclic amines) is 1. The molecule has 2 saturated heterocycles. The molecule has 156 valence electrons. The molecular formula is C21H28F3NO3. The molecule has 3 rings (SSSR count). The molecule has 0 amide bonds. The number of alkyl halides is 3. The second-order valence-corrected chi connectivity index (χ2v) is 7.63. The van der Waals surface area contributed by atoms with Gasteiger partial charge in [0.2, 0.25) is 0 Å². The summed E-state index contributed by atoms with van der Waals surface area (Å²) in [5, 5.41) is 0. The van der Waals surface area contributed by atoms with Crippen LogP contribution in [0.4, 0.5) is 13.2 Å². The van der Waals surface area contributed by atoms with Crippen LogP contribution < -0.4 is 4.74 Å². The average Bonchev–Trinajstić information content (AvgIpc) is 3.21. The van der Waals surface area contributed by atoms with Gasteiger partial charge in [0.05, 0.1) is 24.8 Å². The van der Waals surface area contributed by atoms with Gasteiger partial charge in [-0.1, -0.05) is 6.92 Å². The number of ketones is 1. The molecule has 0 unspecified atom stereocenters. The van der Waals surface area contributed by atoms with Crippen LogP contribution in [0.2, 0.25) is 0 Å². The standard InChI is InChI=1S/C21H28F3NO3/c1-3-14-10-16(21(22,23)24)12-19(27-2)20(14)18(26)11-15-13-28-9-6-17(15)25-7-4-5-8-25/h10,12,15,17H,3-9,11,13H2,1-2H3/t15-,17-/m0/s1. The lowest BCUT2D eigenvalue weighted by molar-refractivity contribution is -0.137. The third kappa shape index (κ3) is 4.51. The Morgan fingerprint density at radius 3 is 2.61 bits per heavy atom. The van der Waals surface area contributed by atoms with E-state index < -0.39 is 11.7 Å². The maximum absolute atomic E-state index is 13.2. The number of halogens is 3. The molecule has 1 aromatic carbocycles. The monoisotopic (exact) mass is 399 g/mol. The van der Waals surface area contributed by atoms with Crippen molar-refractivity contribution in [1.29, 1.82) is 0 Å². The minimum Gasteiger partial charge on any atom is -0.496 e. The molecule has 2 aliphatic heterocycles. The van der Waals surface area contributed by atoms with E-state index in [1.807, 2.05) is 0 Å². The number of nitrogens with zero attached hydrogens (tertiary/aromatic N) is 1. The topological polar surface area (TPSA) is 38.8 Å². The number of methoxy groups -OCH3 is 1. The van der Waals surface area contributed by atoms with E-state index in [2.05, 4.69) is 4.90 Å². The molecular weight excluding hydrogens is 371 g/mol. The molecule has 0 aliphatic carbocycles. The Labute approximate surface area is 164 Å². The Balaban J connectivity index is 1.86. The van der Waals surface area contributed by atoms with Crippen LogP contribution in [-0.4, -0.2) is 50.1 Å². The molecule has 0 bridgehead atoms. The molecule has 0 saturated carbocycles. The third-order valence-electron chi connectivity index (χ3n) is 5.88. The first kappa shape index (κ1) is 21.1. The zero-order valence-corrected chi connectivity index (χ0v) is 16.5. The predicted molar refractivity (Wildman–Crippen MR) is 99.8 cm³/mol. The largest absolute Gasteiger partial charge is 0.496 e. The summed E-state index contributed by atoms with van der Waals surface area (Å²) in [4.78, 5) is 15.6. The van der Waals surface area contributed by atoms with Crippen molar-refractivity contribution < 1.29 is 27.4 Å². The summed E-state index contributed by atoms with van der Waals surface area (Å²) >= 11 is 0. The van der Waals surface area contributed by atoms with Crippen LogP contribution in [0.5, 0.6) is 5.75 Å². The van der Waals surface area contributed by atoms with Crippen molar-refractivity contribution in [1.82, 2.24) is 4.90 Å². The van der Waals surface area contributed by atoms with E-state index in [9.17, 15) is 18.0 Å². The number of ether oxygens (including phenoxy) is 2. The SMILES string of the molecule is CCc1cc(C(F)(F)F)cc(OC)c1C(=O)C[C@H]1COCC[C@@H]1N1CCCC1. The van der Waals surface area contributed by atoms with Crippen LogP contribution in [-0.2, 0) is 17.3 Å². The highest BCUT2D eigenvalue weighted by atomic mass is 19.4. The van der Waals surface area contributed by atoms with Crippen molar-refractivity contribution in [2.45, 2.75) is 51.2 Å². The van der Waals surface area contributed by atoms with Crippen LogP contribution >= 0.6 is 0 Å². The van der Waals surface area contributed by atoms with Gasteiger partial charge in [-0.3, -0.25) is 9.69 Å². The lowest BCUT2D eigenvalue weighted by Crippen LogP contribution is -2.45. The van der Waals surface area contributed by atoms with E-state index >= 15 is 0 Å². The summed E-state index contributed by atoms with van der Waals surface area (Å²) < 4.78 is 50.4. The summed E-state index contributed by atoms with van der Waals surface area (Å²) in [5.74, 6) is -0.107. The number of aryl methyl sites for hydroxylation is 1. The van der Waals surface area contributed by atoms with Crippen LogP contribution in [0.1, 0.15) is 54.1 Å². The number of Topliss-reactive ketones (excluding diaryl/α,β-unsaturated/α-hetero) is 1. The highest BCUT2D eigenvalue weighted by Crippen LogP contribution is 2.37. The molecule has 28 heavy (non-hydrogen) atoms. The van der Waals surface area contributed by atoms with Gasteiger partial charge in [0, 0.05) is 25.0 Å². The highest BCUT2D eigenvalue weighted by Gasteiger charge is 2.36. The molecule has 0 N–H and O–H groups in total. The Hall–Kier alpha value is -1.60. The van der Waals surface area contributed by atoms with Crippen molar-refractivity contribution in [2.24, 2.45) is 5.92 Å². The number of benzene rings is 1. The van der Waals surface area contributed by atoms with Crippen molar-refractivity contribution in [3.8, 4) is 5.75 Å². The number of hydrogen-bond donors (Lipinski definition) is 0. The molecule has 0 aromatic heterocycles. The van der Waals surface area contributed by atoms with Crippen LogP contribution in [0.25, 0.3) is 0 Å². The van der Waals surface area contributed by atoms with Crippen molar-refractivity contribution in [3.05, 3.63) is 28.8 Å².